The smallest absolute Gasteiger partial charge is 0.335 e. The van der Waals surface area contributed by atoms with Crippen molar-refractivity contribution in [3.05, 3.63) is 59.7 Å². The molecule has 0 aromatic heterocycles. The van der Waals surface area contributed by atoms with Crippen molar-refractivity contribution in [2.45, 2.75) is 38.9 Å². The Hall–Kier alpha value is -3.03. The van der Waals surface area contributed by atoms with E-state index >= 15 is 0 Å². The van der Waals surface area contributed by atoms with Crippen LogP contribution in [0.15, 0.2) is 48.5 Å². The lowest BCUT2D eigenvalue weighted by atomic mass is 10.1. The van der Waals surface area contributed by atoms with Gasteiger partial charge in [-0.05, 0) is 43.5 Å². The molecule has 2 aromatic carbocycles. The highest BCUT2D eigenvalue weighted by molar-refractivity contribution is 5.92. The highest BCUT2D eigenvalue weighted by Crippen LogP contribution is 2.36. The summed E-state index contributed by atoms with van der Waals surface area (Å²) < 4.78 is 39.9. The standard InChI is InChI=1S/C20H22F3N3O2/c1-13(8-9-15-6-4-3-5-7-15)24-19(28)26-18-11-10-16(25-14(2)27)12-17(18)20(21,22)23/h3-7,10-13H,8-9H2,1-2H3,(H,25,27)(H2,24,26,28). The van der Waals surface area contributed by atoms with Crippen molar-refractivity contribution < 1.29 is 22.8 Å². The second-order valence-corrected chi connectivity index (χ2v) is 6.46. The summed E-state index contributed by atoms with van der Waals surface area (Å²) in [7, 11) is 0. The molecule has 1 unspecified atom stereocenters. The molecule has 3 amide bonds. The minimum atomic E-state index is -4.68. The van der Waals surface area contributed by atoms with Crippen LogP contribution < -0.4 is 16.0 Å². The summed E-state index contributed by atoms with van der Waals surface area (Å²) in [5.41, 5.74) is -0.299. The Bertz CT molecular complexity index is 823. The van der Waals surface area contributed by atoms with E-state index in [0.29, 0.717) is 6.42 Å². The zero-order chi connectivity index (χ0) is 20.7. The average Bonchev–Trinajstić information content (AvgIpc) is 2.60. The minimum absolute atomic E-state index is 0.00186. The van der Waals surface area contributed by atoms with Crippen LogP contribution in [-0.4, -0.2) is 18.0 Å². The van der Waals surface area contributed by atoms with Gasteiger partial charge in [0.2, 0.25) is 5.91 Å². The summed E-state index contributed by atoms with van der Waals surface area (Å²) in [5.74, 6) is -0.487. The van der Waals surface area contributed by atoms with Gasteiger partial charge < -0.3 is 16.0 Å². The molecule has 5 nitrogen and oxygen atoms in total. The van der Waals surface area contributed by atoms with Crippen LogP contribution in [0.5, 0.6) is 0 Å². The summed E-state index contributed by atoms with van der Waals surface area (Å²) in [6.07, 6.45) is -3.30. The zero-order valence-corrected chi connectivity index (χ0v) is 15.6. The van der Waals surface area contributed by atoms with E-state index in [4.69, 9.17) is 0 Å². The fourth-order valence-corrected chi connectivity index (χ4v) is 2.65. The van der Waals surface area contributed by atoms with Crippen LogP contribution >= 0.6 is 0 Å². The molecule has 0 aliphatic carbocycles. The molecular weight excluding hydrogens is 371 g/mol. The molecule has 0 fully saturated rings. The van der Waals surface area contributed by atoms with Crippen molar-refractivity contribution >= 4 is 23.3 Å². The van der Waals surface area contributed by atoms with Gasteiger partial charge in [-0.25, -0.2) is 4.79 Å². The van der Waals surface area contributed by atoms with Crippen molar-refractivity contribution in [3.63, 3.8) is 0 Å². The number of halogens is 3. The molecule has 8 heteroatoms. The van der Waals surface area contributed by atoms with E-state index in [1.165, 1.54) is 13.0 Å². The lowest BCUT2D eigenvalue weighted by Gasteiger charge is -2.18. The van der Waals surface area contributed by atoms with Gasteiger partial charge in [-0.15, -0.1) is 0 Å². The van der Waals surface area contributed by atoms with Gasteiger partial charge in [0.05, 0.1) is 11.3 Å². The van der Waals surface area contributed by atoms with E-state index in [0.717, 1.165) is 24.1 Å². The van der Waals surface area contributed by atoms with E-state index in [1.807, 2.05) is 30.3 Å². The van der Waals surface area contributed by atoms with Gasteiger partial charge in [0.25, 0.3) is 0 Å². The molecule has 0 heterocycles. The number of carbonyl (C=O) groups is 2. The first-order valence-corrected chi connectivity index (χ1v) is 8.75. The zero-order valence-electron chi connectivity index (χ0n) is 15.6. The Morgan fingerprint density at radius 1 is 1.04 bits per heavy atom. The monoisotopic (exact) mass is 393 g/mol. The number of carbonyl (C=O) groups excluding carboxylic acids is 2. The predicted molar refractivity (Wildman–Crippen MR) is 102 cm³/mol. The maximum Gasteiger partial charge on any atom is 0.418 e. The number of alkyl halides is 3. The fraction of sp³-hybridized carbons (Fsp3) is 0.300. The molecule has 2 aromatic rings. The van der Waals surface area contributed by atoms with Crippen LogP contribution in [0, 0.1) is 0 Å². The van der Waals surface area contributed by atoms with Gasteiger partial charge in [-0.1, -0.05) is 30.3 Å². The summed E-state index contributed by atoms with van der Waals surface area (Å²) in [5, 5.41) is 7.18. The number of hydrogen-bond donors (Lipinski definition) is 3. The third kappa shape index (κ3) is 6.61. The molecule has 0 bridgehead atoms. The van der Waals surface area contributed by atoms with Crippen molar-refractivity contribution in [1.82, 2.24) is 5.32 Å². The van der Waals surface area contributed by atoms with E-state index in [-0.39, 0.29) is 17.4 Å². The van der Waals surface area contributed by atoms with Crippen LogP contribution in [-0.2, 0) is 17.4 Å². The molecule has 1 atom stereocenters. The van der Waals surface area contributed by atoms with E-state index in [9.17, 15) is 22.8 Å². The summed E-state index contributed by atoms with van der Waals surface area (Å²) in [6, 6.07) is 11.9. The Morgan fingerprint density at radius 2 is 1.71 bits per heavy atom. The third-order valence-electron chi connectivity index (χ3n) is 3.98. The largest absolute Gasteiger partial charge is 0.418 e. The van der Waals surface area contributed by atoms with Crippen molar-refractivity contribution in [2.75, 3.05) is 10.6 Å². The van der Waals surface area contributed by atoms with E-state index < -0.39 is 23.7 Å². The fourth-order valence-electron chi connectivity index (χ4n) is 2.65. The number of aryl methyl sites for hydroxylation is 1. The van der Waals surface area contributed by atoms with Crippen molar-refractivity contribution in [3.8, 4) is 0 Å². The Labute approximate surface area is 161 Å². The lowest BCUT2D eigenvalue weighted by molar-refractivity contribution is -0.137. The Kier molecular flexibility index (Phi) is 7.03. The molecule has 0 aliphatic rings. The number of benzene rings is 2. The molecule has 0 saturated carbocycles. The third-order valence-corrected chi connectivity index (χ3v) is 3.98. The van der Waals surface area contributed by atoms with E-state index in [1.54, 1.807) is 6.92 Å². The molecule has 0 saturated heterocycles. The Balaban J connectivity index is 2.00. The molecule has 0 aliphatic heterocycles. The quantitative estimate of drug-likeness (QED) is 0.659. The maximum absolute atomic E-state index is 13.3. The molecule has 3 N–H and O–H groups in total. The second-order valence-electron chi connectivity index (χ2n) is 6.46. The molecule has 150 valence electrons. The number of nitrogens with one attached hydrogen (secondary N) is 3. The number of hydrogen-bond acceptors (Lipinski definition) is 2. The van der Waals surface area contributed by atoms with Gasteiger partial charge in [-0.3, -0.25) is 4.79 Å². The van der Waals surface area contributed by atoms with Crippen LogP contribution in [0.1, 0.15) is 31.4 Å². The highest BCUT2D eigenvalue weighted by atomic mass is 19.4. The van der Waals surface area contributed by atoms with Gasteiger partial charge in [0.15, 0.2) is 0 Å². The van der Waals surface area contributed by atoms with Crippen LogP contribution in [0.25, 0.3) is 0 Å². The number of rotatable bonds is 6. The first-order valence-electron chi connectivity index (χ1n) is 8.75. The highest BCUT2D eigenvalue weighted by Gasteiger charge is 2.34. The first-order chi connectivity index (χ1) is 13.1. The van der Waals surface area contributed by atoms with Gasteiger partial charge in [-0.2, -0.15) is 13.2 Å². The van der Waals surface area contributed by atoms with Gasteiger partial charge in [0, 0.05) is 18.7 Å². The van der Waals surface area contributed by atoms with Crippen LogP contribution in [0.2, 0.25) is 0 Å². The molecule has 28 heavy (non-hydrogen) atoms. The maximum atomic E-state index is 13.3. The normalized spacial score (nSPS) is 12.2. The molecule has 2 rings (SSSR count). The number of amides is 3. The van der Waals surface area contributed by atoms with Gasteiger partial charge in [0.1, 0.15) is 0 Å². The van der Waals surface area contributed by atoms with Crippen LogP contribution in [0.4, 0.5) is 29.3 Å². The lowest BCUT2D eigenvalue weighted by Crippen LogP contribution is -2.36. The minimum Gasteiger partial charge on any atom is -0.335 e. The first kappa shape index (κ1) is 21.3. The average molecular weight is 393 g/mol. The SMILES string of the molecule is CC(=O)Nc1ccc(NC(=O)NC(C)CCc2ccccc2)c(C(F)(F)F)c1. The summed E-state index contributed by atoms with van der Waals surface area (Å²) in [4.78, 5) is 23.2. The summed E-state index contributed by atoms with van der Waals surface area (Å²) >= 11 is 0. The second kappa shape index (κ2) is 9.25. The van der Waals surface area contributed by atoms with Gasteiger partial charge >= 0.3 is 12.2 Å². The molecule has 0 spiro atoms. The van der Waals surface area contributed by atoms with Crippen LogP contribution in [0.3, 0.4) is 0 Å². The number of urea groups is 1. The van der Waals surface area contributed by atoms with Crippen molar-refractivity contribution in [1.29, 1.82) is 0 Å². The molecular formula is C20H22F3N3O2. The van der Waals surface area contributed by atoms with Crippen molar-refractivity contribution in [2.24, 2.45) is 0 Å². The number of anilines is 2. The molecule has 0 radical (unpaired) electrons. The topological polar surface area (TPSA) is 70.2 Å². The predicted octanol–water partition coefficient (Wildman–Crippen LogP) is 4.81. The summed E-state index contributed by atoms with van der Waals surface area (Å²) in [6.45, 7) is 2.98. The Morgan fingerprint density at radius 3 is 2.32 bits per heavy atom. The van der Waals surface area contributed by atoms with E-state index in [2.05, 4.69) is 16.0 Å².